The minimum Gasteiger partial charge on any atom is -0.491 e. The Labute approximate surface area is 137 Å². The van der Waals surface area contributed by atoms with Gasteiger partial charge < -0.3 is 9.47 Å². The average molecular weight is 306 g/mol. The van der Waals surface area contributed by atoms with E-state index in [-0.39, 0.29) is 0 Å². The maximum atomic E-state index is 5.88. The van der Waals surface area contributed by atoms with E-state index in [1.807, 2.05) is 24.3 Å². The SMILES string of the molecule is Cc1ccc(COCCOc2cccc3ccccc23)c(C)c1. The summed E-state index contributed by atoms with van der Waals surface area (Å²) in [7, 11) is 0. The fourth-order valence-electron chi connectivity index (χ4n) is 2.72. The Balaban J connectivity index is 1.51. The van der Waals surface area contributed by atoms with E-state index in [2.05, 4.69) is 50.2 Å². The molecule has 3 rings (SSSR count). The maximum absolute atomic E-state index is 5.88. The molecule has 0 aliphatic carbocycles. The van der Waals surface area contributed by atoms with E-state index < -0.39 is 0 Å². The van der Waals surface area contributed by atoms with Crippen molar-refractivity contribution in [3.8, 4) is 5.75 Å². The van der Waals surface area contributed by atoms with Gasteiger partial charge in [-0.25, -0.2) is 0 Å². The summed E-state index contributed by atoms with van der Waals surface area (Å²) in [6.45, 7) is 5.99. The van der Waals surface area contributed by atoms with Gasteiger partial charge >= 0.3 is 0 Å². The number of fused-ring (bicyclic) bond motifs is 1. The van der Waals surface area contributed by atoms with Crippen molar-refractivity contribution in [3.05, 3.63) is 77.4 Å². The maximum Gasteiger partial charge on any atom is 0.127 e. The Morgan fingerprint density at radius 2 is 1.65 bits per heavy atom. The molecular formula is C21H22O2. The van der Waals surface area contributed by atoms with E-state index in [4.69, 9.17) is 9.47 Å². The first-order valence-corrected chi connectivity index (χ1v) is 7.98. The highest BCUT2D eigenvalue weighted by Crippen LogP contribution is 2.25. The van der Waals surface area contributed by atoms with Crippen LogP contribution in [0.5, 0.6) is 5.75 Å². The van der Waals surface area contributed by atoms with Gasteiger partial charge in [-0.05, 0) is 36.4 Å². The molecule has 0 N–H and O–H groups in total. The van der Waals surface area contributed by atoms with E-state index >= 15 is 0 Å². The molecular weight excluding hydrogens is 284 g/mol. The third-order valence-electron chi connectivity index (χ3n) is 3.99. The van der Waals surface area contributed by atoms with E-state index in [9.17, 15) is 0 Å². The molecule has 0 atom stereocenters. The summed E-state index contributed by atoms with van der Waals surface area (Å²) in [5, 5.41) is 2.34. The van der Waals surface area contributed by atoms with Gasteiger partial charge in [0.15, 0.2) is 0 Å². The molecule has 0 aliphatic rings. The summed E-state index contributed by atoms with van der Waals surface area (Å²) in [6.07, 6.45) is 0. The van der Waals surface area contributed by atoms with Crippen molar-refractivity contribution in [1.29, 1.82) is 0 Å². The summed E-state index contributed by atoms with van der Waals surface area (Å²) >= 11 is 0. The lowest BCUT2D eigenvalue weighted by atomic mass is 10.1. The van der Waals surface area contributed by atoms with Crippen LogP contribution in [0.15, 0.2) is 60.7 Å². The summed E-state index contributed by atoms with van der Waals surface area (Å²) < 4.78 is 11.6. The van der Waals surface area contributed by atoms with Crippen LogP contribution in [0.4, 0.5) is 0 Å². The van der Waals surface area contributed by atoms with Crippen molar-refractivity contribution in [3.63, 3.8) is 0 Å². The van der Waals surface area contributed by atoms with Crippen LogP contribution >= 0.6 is 0 Å². The van der Waals surface area contributed by atoms with Crippen molar-refractivity contribution in [2.45, 2.75) is 20.5 Å². The molecule has 0 radical (unpaired) electrons. The molecule has 0 bridgehead atoms. The predicted molar refractivity (Wildman–Crippen MR) is 95.0 cm³/mol. The second kappa shape index (κ2) is 7.30. The van der Waals surface area contributed by atoms with Gasteiger partial charge in [-0.3, -0.25) is 0 Å². The zero-order valence-corrected chi connectivity index (χ0v) is 13.7. The van der Waals surface area contributed by atoms with Crippen LogP contribution in [-0.4, -0.2) is 13.2 Å². The van der Waals surface area contributed by atoms with Crippen LogP contribution in [0.1, 0.15) is 16.7 Å². The molecule has 0 unspecified atom stereocenters. The van der Waals surface area contributed by atoms with E-state index in [1.165, 1.54) is 22.1 Å². The molecule has 0 saturated carbocycles. The Kier molecular flexibility index (Phi) is 4.94. The Morgan fingerprint density at radius 3 is 2.52 bits per heavy atom. The predicted octanol–water partition coefficient (Wildman–Crippen LogP) is 5.05. The van der Waals surface area contributed by atoms with Crippen molar-refractivity contribution in [1.82, 2.24) is 0 Å². The van der Waals surface area contributed by atoms with Crippen LogP contribution in [0.2, 0.25) is 0 Å². The van der Waals surface area contributed by atoms with Crippen LogP contribution in [-0.2, 0) is 11.3 Å². The lowest BCUT2D eigenvalue weighted by molar-refractivity contribution is 0.0891. The molecule has 0 aromatic heterocycles. The highest BCUT2D eigenvalue weighted by molar-refractivity contribution is 5.88. The molecule has 0 amide bonds. The molecule has 0 fully saturated rings. The number of hydrogen-bond acceptors (Lipinski definition) is 2. The van der Waals surface area contributed by atoms with E-state index in [0.717, 1.165) is 11.1 Å². The van der Waals surface area contributed by atoms with Crippen LogP contribution in [0.3, 0.4) is 0 Å². The smallest absolute Gasteiger partial charge is 0.127 e. The third-order valence-corrected chi connectivity index (χ3v) is 3.99. The van der Waals surface area contributed by atoms with Crippen molar-refractivity contribution < 1.29 is 9.47 Å². The molecule has 118 valence electrons. The standard InChI is InChI=1S/C21H22O2/c1-16-10-11-19(17(2)14-16)15-22-12-13-23-21-9-5-7-18-6-3-4-8-20(18)21/h3-11,14H,12-13,15H2,1-2H3. The van der Waals surface area contributed by atoms with Crippen LogP contribution in [0, 0.1) is 13.8 Å². The number of ether oxygens (including phenoxy) is 2. The largest absolute Gasteiger partial charge is 0.491 e. The summed E-state index contributed by atoms with van der Waals surface area (Å²) in [5.41, 5.74) is 3.80. The summed E-state index contributed by atoms with van der Waals surface area (Å²) in [4.78, 5) is 0. The zero-order valence-electron chi connectivity index (χ0n) is 13.7. The molecule has 0 saturated heterocycles. The van der Waals surface area contributed by atoms with Gasteiger partial charge in [0.1, 0.15) is 12.4 Å². The molecule has 0 heterocycles. The second-order valence-electron chi connectivity index (χ2n) is 5.81. The minimum atomic E-state index is 0.554. The van der Waals surface area contributed by atoms with E-state index in [0.29, 0.717) is 19.8 Å². The van der Waals surface area contributed by atoms with Crippen LogP contribution in [0.25, 0.3) is 10.8 Å². The van der Waals surface area contributed by atoms with Gasteiger partial charge in [0.25, 0.3) is 0 Å². The Bertz CT molecular complexity index is 787. The Morgan fingerprint density at radius 1 is 0.826 bits per heavy atom. The molecule has 23 heavy (non-hydrogen) atoms. The minimum absolute atomic E-state index is 0.554. The highest BCUT2D eigenvalue weighted by Gasteiger charge is 2.02. The van der Waals surface area contributed by atoms with Gasteiger partial charge in [-0.15, -0.1) is 0 Å². The molecule has 2 nitrogen and oxygen atoms in total. The van der Waals surface area contributed by atoms with Crippen LogP contribution < -0.4 is 4.74 Å². The van der Waals surface area contributed by atoms with Crippen molar-refractivity contribution in [2.24, 2.45) is 0 Å². The first-order chi connectivity index (χ1) is 11.2. The normalized spacial score (nSPS) is 10.9. The van der Waals surface area contributed by atoms with Gasteiger partial charge in [-0.2, -0.15) is 0 Å². The molecule has 2 heteroatoms. The number of aryl methyl sites for hydroxylation is 2. The first kappa shape index (κ1) is 15.6. The third kappa shape index (κ3) is 3.91. The average Bonchev–Trinajstić information content (AvgIpc) is 2.56. The fraction of sp³-hybridized carbons (Fsp3) is 0.238. The lowest BCUT2D eigenvalue weighted by Crippen LogP contribution is -2.07. The van der Waals surface area contributed by atoms with Gasteiger partial charge in [0.05, 0.1) is 13.2 Å². The molecule has 3 aromatic carbocycles. The molecule has 0 aliphatic heterocycles. The molecule has 3 aromatic rings. The quantitative estimate of drug-likeness (QED) is 0.593. The topological polar surface area (TPSA) is 18.5 Å². The van der Waals surface area contributed by atoms with Gasteiger partial charge in [0.2, 0.25) is 0 Å². The van der Waals surface area contributed by atoms with Gasteiger partial charge in [0, 0.05) is 5.39 Å². The summed E-state index contributed by atoms with van der Waals surface area (Å²) in [6, 6.07) is 20.8. The monoisotopic (exact) mass is 306 g/mol. The summed E-state index contributed by atoms with van der Waals surface area (Å²) in [5.74, 6) is 0.915. The zero-order chi connectivity index (χ0) is 16.1. The first-order valence-electron chi connectivity index (χ1n) is 7.98. The lowest BCUT2D eigenvalue weighted by Gasteiger charge is -2.11. The van der Waals surface area contributed by atoms with E-state index in [1.54, 1.807) is 0 Å². The van der Waals surface area contributed by atoms with Crippen molar-refractivity contribution >= 4 is 10.8 Å². The Hall–Kier alpha value is -2.32. The fourth-order valence-corrected chi connectivity index (χ4v) is 2.72. The highest BCUT2D eigenvalue weighted by atomic mass is 16.5. The number of rotatable bonds is 6. The molecule has 0 spiro atoms. The van der Waals surface area contributed by atoms with Crippen molar-refractivity contribution in [2.75, 3.05) is 13.2 Å². The number of benzene rings is 3. The second-order valence-corrected chi connectivity index (χ2v) is 5.81. The number of hydrogen-bond donors (Lipinski definition) is 0. The van der Waals surface area contributed by atoms with Gasteiger partial charge in [-0.1, -0.05) is 60.2 Å².